The highest BCUT2D eigenvalue weighted by Gasteiger charge is 2.26. The normalized spacial score (nSPS) is 12.2. The average Bonchev–Trinajstić information content (AvgIpc) is 2.70. The number of benzene rings is 1. The summed E-state index contributed by atoms with van der Waals surface area (Å²) >= 11 is 3.21. The molecule has 21 heavy (non-hydrogen) atoms. The lowest BCUT2D eigenvalue weighted by molar-refractivity contribution is 0.382. The number of aromatic nitrogens is 2. The summed E-state index contributed by atoms with van der Waals surface area (Å²) < 4.78 is 15.9. The van der Waals surface area contributed by atoms with Gasteiger partial charge in [0.15, 0.2) is 0 Å². The van der Waals surface area contributed by atoms with Crippen LogP contribution in [0.4, 0.5) is 10.2 Å². The van der Waals surface area contributed by atoms with Crippen LogP contribution in [0.15, 0.2) is 22.7 Å². The number of nitrogen functional groups attached to an aromatic ring is 1. The quantitative estimate of drug-likeness (QED) is 0.833. The third-order valence-electron chi connectivity index (χ3n) is 3.32. The Hall–Kier alpha value is -1.36. The summed E-state index contributed by atoms with van der Waals surface area (Å²) in [5, 5.41) is 0. The summed E-state index contributed by atoms with van der Waals surface area (Å²) in [6.45, 7) is 10.5. The van der Waals surface area contributed by atoms with Gasteiger partial charge < -0.3 is 10.3 Å². The van der Waals surface area contributed by atoms with Gasteiger partial charge in [0.1, 0.15) is 23.2 Å². The van der Waals surface area contributed by atoms with E-state index in [0.29, 0.717) is 16.0 Å². The van der Waals surface area contributed by atoms with Crippen molar-refractivity contribution in [2.45, 2.75) is 46.1 Å². The second-order valence-corrected chi connectivity index (χ2v) is 7.35. The lowest BCUT2D eigenvalue weighted by Gasteiger charge is -2.26. The topological polar surface area (TPSA) is 43.8 Å². The second-order valence-electron chi connectivity index (χ2n) is 6.49. The number of hydrogen-bond donors (Lipinski definition) is 1. The Morgan fingerprint density at radius 1 is 1.29 bits per heavy atom. The smallest absolute Gasteiger partial charge is 0.137 e. The minimum Gasteiger partial charge on any atom is -0.383 e. The van der Waals surface area contributed by atoms with Gasteiger partial charge in [0.2, 0.25) is 0 Å². The molecule has 1 aromatic carbocycles. The van der Waals surface area contributed by atoms with Crippen molar-refractivity contribution >= 4 is 21.7 Å². The average molecular weight is 354 g/mol. The Morgan fingerprint density at radius 3 is 2.33 bits per heavy atom. The maximum absolute atomic E-state index is 13.4. The first-order valence-electron chi connectivity index (χ1n) is 6.97. The summed E-state index contributed by atoms with van der Waals surface area (Å²) in [6.07, 6.45) is 0. The summed E-state index contributed by atoms with van der Waals surface area (Å²) in [7, 11) is 0. The molecule has 0 spiro atoms. The number of hydrogen-bond acceptors (Lipinski definition) is 2. The Labute approximate surface area is 133 Å². The predicted molar refractivity (Wildman–Crippen MR) is 88.8 cm³/mol. The minimum atomic E-state index is -0.295. The summed E-state index contributed by atoms with van der Waals surface area (Å²) in [6, 6.07) is 4.84. The van der Waals surface area contributed by atoms with E-state index >= 15 is 0 Å². The first kappa shape index (κ1) is 16.0. The largest absolute Gasteiger partial charge is 0.383 e. The van der Waals surface area contributed by atoms with Crippen molar-refractivity contribution in [2.75, 3.05) is 5.73 Å². The molecule has 0 saturated carbocycles. The monoisotopic (exact) mass is 353 g/mol. The van der Waals surface area contributed by atoms with Crippen LogP contribution in [-0.4, -0.2) is 9.55 Å². The fraction of sp³-hybridized carbons (Fsp3) is 0.438. The van der Waals surface area contributed by atoms with Crippen LogP contribution < -0.4 is 5.73 Å². The number of rotatable bonds is 2. The summed E-state index contributed by atoms with van der Waals surface area (Å²) in [5.41, 5.74) is 7.69. The van der Waals surface area contributed by atoms with Gasteiger partial charge in [-0.05, 0) is 54.9 Å². The third-order valence-corrected chi connectivity index (χ3v) is 3.93. The summed E-state index contributed by atoms with van der Waals surface area (Å²) in [4.78, 5) is 4.71. The van der Waals surface area contributed by atoms with Gasteiger partial charge in [-0.2, -0.15) is 0 Å². The molecule has 114 valence electrons. The number of halogens is 2. The van der Waals surface area contributed by atoms with Crippen molar-refractivity contribution in [3.05, 3.63) is 34.3 Å². The zero-order chi connectivity index (χ0) is 15.9. The molecule has 0 amide bonds. The van der Waals surface area contributed by atoms with Gasteiger partial charge in [-0.15, -0.1) is 0 Å². The molecule has 0 atom stereocenters. The number of anilines is 1. The highest BCUT2D eigenvalue weighted by atomic mass is 79.9. The van der Waals surface area contributed by atoms with Crippen LogP contribution in [0, 0.1) is 5.82 Å². The number of imidazole rings is 1. The van der Waals surface area contributed by atoms with Crippen LogP contribution in [0.25, 0.3) is 11.3 Å². The van der Waals surface area contributed by atoms with Crippen molar-refractivity contribution in [2.24, 2.45) is 0 Å². The fourth-order valence-corrected chi connectivity index (χ4v) is 2.78. The first-order valence-corrected chi connectivity index (χ1v) is 7.76. The molecule has 1 aromatic heterocycles. The molecule has 0 aliphatic rings. The highest BCUT2D eigenvalue weighted by molar-refractivity contribution is 9.10. The van der Waals surface area contributed by atoms with Crippen LogP contribution in [0.2, 0.25) is 0 Å². The lowest BCUT2D eigenvalue weighted by atomic mass is 10.1. The molecule has 2 aromatic rings. The molecule has 1 heterocycles. The molecule has 0 saturated heterocycles. The maximum atomic E-state index is 13.4. The molecule has 0 unspecified atom stereocenters. The molecular weight excluding hydrogens is 333 g/mol. The molecule has 2 rings (SSSR count). The van der Waals surface area contributed by atoms with E-state index in [1.54, 1.807) is 12.1 Å². The lowest BCUT2D eigenvalue weighted by Crippen LogP contribution is -2.26. The van der Waals surface area contributed by atoms with Crippen molar-refractivity contribution in [3.63, 3.8) is 0 Å². The van der Waals surface area contributed by atoms with E-state index in [-0.39, 0.29) is 17.3 Å². The standard InChI is InChI=1S/C16H21BrFN3/c1-9(2)15-20-13(14(19)21(15)16(3,4)5)10-6-7-12(18)11(17)8-10/h6-9H,19H2,1-5H3. The minimum absolute atomic E-state index is 0.161. The molecule has 0 aliphatic heterocycles. The maximum Gasteiger partial charge on any atom is 0.137 e. The number of nitrogens with zero attached hydrogens (tertiary/aromatic N) is 2. The second kappa shape index (κ2) is 5.44. The molecule has 2 N–H and O–H groups in total. The zero-order valence-electron chi connectivity index (χ0n) is 13.0. The van der Waals surface area contributed by atoms with Gasteiger partial charge in [-0.25, -0.2) is 9.37 Å². The van der Waals surface area contributed by atoms with Crippen molar-refractivity contribution in [1.29, 1.82) is 0 Å². The van der Waals surface area contributed by atoms with Gasteiger partial charge >= 0.3 is 0 Å². The van der Waals surface area contributed by atoms with Gasteiger partial charge in [0.25, 0.3) is 0 Å². The van der Waals surface area contributed by atoms with Crippen LogP contribution in [-0.2, 0) is 5.54 Å². The van der Waals surface area contributed by atoms with E-state index < -0.39 is 0 Å². The Balaban J connectivity index is 2.68. The zero-order valence-corrected chi connectivity index (χ0v) is 14.6. The molecule has 3 nitrogen and oxygen atoms in total. The van der Waals surface area contributed by atoms with Gasteiger partial charge in [-0.1, -0.05) is 13.8 Å². The van der Waals surface area contributed by atoms with Crippen LogP contribution in [0.5, 0.6) is 0 Å². The molecule has 0 fully saturated rings. The van der Waals surface area contributed by atoms with E-state index in [2.05, 4.69) is 55.1 Å². The molecule has 5 heteroatoms. The van der Waals surface area contributed by atoms with Crippen LogP contribution in [0.1, 0.15) is 46.4 Å². The summed E-state index contributed by atoms with van der Waals surface area (Å²) in [5.74, 6) is 1.51. The Morgan fingerprint density at radius 2 is 1.90 bits per heavy atom. The van der Waals surface area contributed by atoms with E-state index in [9.17, 15) is 4.39 Å². The highest BCUT2D eigenvalue weighted by Crippen LogP contribution is 2.35. The van der Waals surface area contributed by atoms with Gasteiger partial charge in [0.05, 0.1) is 4.47 Å². The molecular formula is C16H21BrFN3. The van der Waals surface area contributed by atoms with E-state index in [1.165, 1.54) is 6.07 Å². The fourth-order valence-electron chi connectivity index (χ4n) is 2.40. The molecule has 0 radical (unpaired) electrons. The predicted octanol–water partition coefficient (Wildman–Crippen LogP) is 4.91. The van der Waals surface area contributed by atoms with Gasteiger partial charge in [-0.3, -0.25) is 0 Å². The molecule has 0 bridgehead atoms. The van der Waals surface area contributed by atoms with Crippen molar-refractivity contribution < 1.29 is 4.39 Å². The number of nitrogens with two attached hydrogens (primary N) is 1. The van der Waals surface area contributed by atoms with Crippen LogP contribution in [0.3, 0.4) is 0 Å². The first-order chi connectivity index (χ1) is 9.62. The van der Waals surface area contributed by atoms with E-state index in [1.807, 2.05) is 0 Å². The Bertz CT molecular complexity index is 669. The van der Waals surface area contributed by atoms with E-state index in [0.717, 1.165) is 11.4 Å². The SMILES string of the molecule is CC(C)c1nc(-c2ccc(F)c(Br)c2)c(N)n1C(C)(C)C. The van der Waals surface area contributed by atoms with Crippen molar-refractivity contribution in [3.8, 4) is 11.3 Å². The van der Waals surface area contributed by atoms with E-state index in [4.69, 9.17) is 10.7 Å². The Kier molecular flexibility index (Phi) is 4.15. The van der Waals surface area contributed by atoms with Crippen LogP contribution >= 0.6 is 15.9 Å². The molecule has 0 aliphatic carbocycles. The third kappa shape index (κ3) is 2.98. The van der Waals surface area contributed by atoms with Gasteiger partial charge in [0, 0.05) is 17.0 Å². The van der Waals surface area contributed by atoms with Crippen molar-refractivity contribution in [1.82, 2.24) is 9.55 Å².